The molecule has 0 unspecified atom stereocenters. The first-order chi connectivity index (χ1) is 9.11. The second-order valence-electron chi connectivity index (χ2n) is 4.11. The third kappa shape index (κ3) is 2.62. The molecule has 1 aromatic heterocycles. The van der Waals surface area contributed by atoms with E-state index in [0.717, 1.165) is 20.3 Å². The third-order valence-corrected chi connectivity index (χ3v) is 3.67. The first-order valence-electron chi connectivity index (χ1n) is 5.59. The van der Waals surface area contributed by atoms with E-state index in [1.165, 1.54) is 0 Å². The summed E-state index contributed by atoms with van der Waals surface area (Å²) in [5, 5.41) is 3.82. The summed E-state index contributed by atoms with van der Waals surface area (Å²) < 4.78 is 1.09. The number of nitrogens with one attached hydrogen (secondary N) is 2. The number of aromatic amines is 1. The second-order valence-corrected chi connectivity index (χ2v) is 5.76. The molecule has 0 aliphatic carbocycles. The molecular weight excluding hydrogens is 375 g/mol. The van der Waals surface area contributed by atoms with Gasteiger partial charge in [0, 0.05) is 9.26 Å². The van der Waals surface area contributed by atoms with E-state index < -0.39 is 0 Å². The number of nitrogens with two attached hydrogens (primary N) is 1. The number of imidazole rings is 1. The van der Waals surface area contributed by atoms with Crippen molar-refractivity contribution in [3.8, 4) is 0 Å². The van der Waals surface area contributed by atoms with Gasteiger partial charge in [0.25, 0.3) is 0 Å². The fraction of sp³-hybridized carbons (Fsp3) is 0. The van der Waals surface area contributed by atoms with E-state index in [2.05, 4.69) is 37.9 Å². The quantitative estimate of drug-likeness (QED) is 0.459. The molecule has 6 heteroatoms. The van der Waals surface area contributed by atoms with Crippen molar-refractivity contribution in [2.24, 2.45) is 0 Å². The number of halogens is 2. The number of anilines is 3. The summed E-state index contributed by atoms with van der Waals surface area (Å²) in [5.74, 6) is 0.642. The first kappa shape index (κ1) is 12.6. The Morgan fingerprint density at radius 2 is 2.05 bits per heavy atom. The van der Waals surface area contributed by atoms with Crippen molar-refractivity contribution in [2.75, 3.05) is 11.1 Å². The summed E-state index contributed by atoms with van der Waals surface area (Å²) in [6.07, 6.45) is 0. The molecule has 4 N–H and O–H groups in total. The van der Waals surface area contributed by atoms with Crippen LogP contribution in [0.15, 0.2) is 36.4 Å². The largest absolute Gasteiger partial charge is 0.399 e. The van der Waals surface area contributed by atoms with Gasteiger partial charge in [-0.25, -0.2) is 4.98 Å². The molecule has 0 saturated heterocycles. The van der Waals surface area contributed by atoms with Crippen LogP contribution < -0.4 is 11.1 Å². The number of H-pyrrole nitrogens is 1. The number of benzene rings is 2. The van der Waals surface area contributed by atoms with Gasteiger partial charge in [0.05, 0.1) is 21.7 Å². The Kier molecular flexibility index (Phi) is 3.24. The maximum absolute atomic E-state index is 6.17. The molecule has 96 valence electrons. The molecule has 0 fully saturated rings. The molecule has 0 saturated carbocycles. The summed E-state index contributed by atoms with van der Waals surface area (Å²) in [4.78, 5) is 7.59. The molecule has 0 aliphatic heterocycles. The normalized spacial score (nSPS) is 10.8. The maximum Gasteiger partial charge on any atom is 0.205 e. The van der Waals surface area contributed by atoms with Crippen molar-refractivity contribution >= 4 is 62.5 Å². The van der Waals surface area contributed by atoms with Crippen LogP contribution in [0.5, 0.6) is 0 Å². The van der Waals surface area contributed by atoms with E-state index >= 15 is 0 Å². The average molecular weight is 385 g/mol. The lowest BCUT2D eigenvalue weighted by atomic mass is 10.3. The van der Waals surface area contributed by atoms with Crippen LogP contribution in [0.4, 0.5) is 17.3 Å². The van der Waals surface area contributed by atoms with Crippen LogP contribution in [0.25, 0.3) is 11.0 Å². The number of hydrogen-bond donors (Lipinski definition) is 3. The molecule has 2 aromatic carbocycles. The predicted octanol–water partition coefficient (Wildman–Crippen LogP) is 4.15. The van der Waals surface area contributed by atoms with Crippen LogP contribution in [0.1, 0.15) is 0 Å². The minimum absolute atomic E-state index is 0.642. The van der Waals surface area contributed by atoms with E-state index in [0.29, 0.717) is 16.7 Å². The second kappa shape index (κ2) is 4.90. The zero-order valence-electron chi connectivity index (χ0n) is 9.74. The summed E-state index contributed by atoms with van der Waals surface area (Å²) in [6, 6.07) is 11.3. The van der Waals surface area contributed by atoms with Crippen LogP contribution in [0.3, 0.4) is 0 Å². The van der Waals surface area contributed by atoms with Gasteiger partial charge in [0.15, 0.2) is 0 Å². The fourth-order valence-electron chi connectivity index (χ4n) is 1.80. The van der Waals surface area contributed by atoms with Gasteiger partial charge in [-0.2, -0.15) is 0 Å². The lowest BCUT2D eigenvalue weighted by Gasteiger charge is -2.05. The molecule has 0 radical (unpaired) electrons. The SMILES string of the molecule is Nc1ccc2nc(Nc3ccc(I)cc3Cl)[nH]c2c1. The van der Waals surface area contributed by atoms with Gasteiger partial charge in [-0.3, -0.25) is 0 Å². The third-order valence-electron chi connectivity index (χ3n) is 2.69. The minimum atomic E-state index is 0.642. The van der Waals surface area contributed by atoms with Gasteiger partial charge in [-0.15, -0.1) is 0 Å². The van der Waals surface area contributed by atoms with Gasteiger partial charge < -0.3 is 16.0 Å². The molecule has 1 heterocycles. The smallest absolute Gasteiger partial charge is 0.205 e. The molecule has 0 atom stereocenters. The monoisotopic (exact) mass is 384 g/mol. The van der Waals surface area contributed by atoms with E-state index in [-0.39, 0.29) is 0 Å². The molecule has 0 bridgehead atoms. The summed E-state index contributed by atoms with van der Waals surface area (Å²) >= 11 is 8.39. The molecule has 0 spiro atoms. The molecular formula is C13H10ClIN4. The van der Waals surface area contributed by atoms with Crippen molar-refractivity contribution in [1.29, 1.82) is 0 Å². The van der Waals surface area contributed by atoms with Gasteiger partial charge in [-0.05, 0) is 59.0 Å². The Hall–Kier alpha value is -1.47. The lowest BCUT2D eigenvalue weighted by molar-refractivity contribution is 1.31. The number of nitrogens with zero attached hydrogens (tertiary/aromatic N) is 1. The first-order valence-corrected chi connectivity index (χ1v) is 7.05. The van der Waals surface area contributed by atoms with Crippen molar-refractivity contribution in [3.05, 3.63) is 45.0 Å². The van der Waals surface area contributed by atoms with Gasteiger partial charge >= 0.3 is 0 Å². The number of aromatic nitrogens is 2. The highest BCUT2D eigenvalue weighted by molar-refractivity contribution is 14.1. The number of hydrogen-bond acceptors (Lipinski definition) is 3. The summed E-state index contributed by atoms with van der Waals surface area (Å²) in [5.41, 5.74) is 9.01. The number of fused-ring (bicyclic) bond motifs is 1. The number of rotatable bonds is 2. The molecule has 0 amide bonds. The minimum Gasteiger partial charge on any atom is -0.399 e. The van der Waals surface area contributed by atoms with Crippen molar-refractivity contribution < 1.29 is 0 Å². The van der Waals surface area contributed by atoms with Crippen molar-refractivity contribution in [2.45, 2.75) is 0 Å². The molecule has 19 heavy (non-hydrogen) atoms. The van der Waals surface area contributed by atoms with Crippen molar-refractivity contribution in [3.63, 3.8) is 0 Å². The van der Waals surface area contributed by atoms with Gasteiger partial charge in [0.1, 0.15) is 0 Å². The highest BCUT2D eigenvalue weighted by Gasteiger charge is 2.06. The van der Waals surface area contributed by atoms with Crippen LogP contribution in [-0.2, 0) is 0 Å². The van der Waals surface area contributed by atoms with E-state index in [1.807, 2.05) is 36.4 Å². The summed E-state index contributed by atoms with van der Waals surface area (Å²) in [7, 11) is 0. The van der Waals surface area contributed by atoms with Gasteiger partial charge in [-0.1, -0.05) is 11.6 Å². The van der Waals surface area contributed by atoms with Crippen molar-refractivity contribution in [1.82, 2.24) is 9.97 Å². The zero-order chi connectivity index (χ0) is 13.4. The molecule has 3 aromatic rings. The molecule has 3 rings (SSSR count). The van der Waals surface area contributed by atoms with E-state index in [4.69, 9.17) is 17.3 Å². The Morgan fingerprint density at radius 1 is 1.21 bits per heavy atom. The van der Waals surface area contributed by atoms with Crippen LogP contribution in [0, 0.1) is 3.57 Å². The van der Waals surface area contributed by atoms with E-state index in [9.17, 15) is 0 Å². The van der Waals surface area contributed by atoms with Gasteiger partial charge in [0.2, 0.25) is 5.95 Å². The Labute approximate surface area is 128 Å². The fourth-order valence-corrected chi connectivity index (χ4v) is 2.71. The topological polar surface area (TPSA) is 66.7 Å². The highest BCUT2D eigenvalue weighted by Crippen LogP contribution is 2.27. The zero-order valence-corrected chi connectivity index (χ0v) is 12.7. The van der Waals surface area contributed by atoms with E-state index in [1.54, 1.807) is 0 Å². The Morgan fingerprint density at radius 3 is 2.84 bits per heavy atom. The standard InChI is InChI=1S/C13H10ClIN4/c14-9-5-7(15)1-3-10(9)17-13-18-11-4-2-8(16)6-12(11)19-13/h1-6H,16H2,(H2,17,18,19). The van der Waals surface area contributed by atoms with Crippen LogP contribution in [0.2, 0.25) is 5.02 Å². The predicted molar refractivity (Wildman–Crippen MR) is 88.0 cm³/mol. The maximum atomic E-state index is 6.17. The lowest BCUT2D eigenvalue weighted by Crippen LogP contribution is -1.93. The number of nitrogen functional groups attached to an aromatic ring is 1. The average Bonchev–Trinajstić information content (AvgIpc) is 2.74. The highest BCUT2D eigenvalue weighted by atomic mass is 127. The van der Waals surface area contributed by atoms with Crippen LogP contribution >= 0.6 is 34.2 Å². The Bertz CT molecular complexity index is 753. The molecule has 4 nitrogen and oxygen atoms in total. The van der Waals surface area contributed by atoms with Crippen LogP contribution in [-0.4, -0.2) is 9.97 Å². The Balaban J connectivity index is 1.96. The summed E-state index contributed by atoms with van der Waals surface area (Å²) in [6.45, 7) is 0. The molecule has 0 aliphatic rings.